The van der Waals surface area contributed by atoms with Gasteiger partial charge in [0.25, 0.3) is 0 Å². The third kappa shape index (κ3) is 3.47. The minimum absolute atomic E-state index is 0.0374. The van der Waals surface area contributed by atoms with Crippen LogP contribution in [0.5, 0.6) is 0 Å². The molecule has 2 fully saturated rings. The Bertz CT molecular complexity index is 629. The molecule has 120 valence electrons. The maximum absolute atomic E-state index is 6.53. The van der Waals surface area contributed by atoms with Gasteiger partial charge in [-0.05, 0) is 25.0 Å². The fourth-order valence-corrected chi connectivity index (χ4v) is 3.07. The van der Waals surface area contributed by atoms with Crippen LogP contribution in [0.2, 0.25) is 0 Å². The first-order chi connectivity index (χ1) is 11.2. The molecule has 0 saturated carbocycles. The topological polar surface area (TPSA) is 34.3 Å². The summed E-state index contributed by atoms with van der Waals surface area (Å²) in [6, 6.07) is 17.0. The highest BCUT2D eigenvalue weighted by Gasteiger charge is 2.42. The zero-order valence-electron chi connectivity index (χ0n) is 13.6. The Hall–Kier alpha value is -1.68. The van der Waals surface area contributed by atoms with Gasteiger partial charge in [-0.3, -0.25) is 0 Å². The van der Waals surface area contributed by atoms with Crippen molar-refractivity contribution in [1.82, 2.24) is 0 Å². The normalized spacial score (nSPS) is 25.0. The van der Waals surface area contributed by atoms with E-state index < -0.39 is 0 Å². The van der Waals surface area contributed by atoms with Gasteiger partial charge in [0.05, 0.1) is 13.2 Å². The lowest BCUT2D eigenvalue weighted by Crippen LogP contribution is -2.19. The van der Waals surface area contributed by atoms with Crippen LogP contribution >= 0.6 is 0 Å². The van der Waals surface area contributed by atoms with Crippen molar-refractivity contribution >= 4 is 0 Å². The van der Waals surface area contributed by atoms with Crippen molar-refractivity contribution in [3.8, 4) is 0 Å². The first-order valence-electron chi connectivity index (χ1n) is 8.22. The molecule has 0 spiro atoms. The fourth-order valence-electron chi connectivity index (χ4n) is 3.07. The zero-order valence-corrected chi connectivity index (χ0v) is 13.6. The molecule has 2 aromatic rings. The standard InChI is InChI=1S/C20H22O3/c1-13-5-3-7-15(9-13)19(17-11-21-17)23-20(18-12-22-18)16-8-4-6-14(2)10-16/h3-10,17-20H,11-12H2,1-2H3. The van der Waals surface area contributed by atoms with Gasteiger partial charge in [-0.1, -0.05) is 59.7 Å². The summed E-state index contributed by atoms with van der Waals surface area (Å²) in [6.45, 7) is 5.75. The Labute approximate surface area is 137 Å². The zero-order chi connectivity index (χ0) is 15.8. The minimum atomic E-state index is -0.0374. The molecule has 4 atom stereocenters. The molecule has 3 heteroatoms. The first-order valence-corrected chi connectivity index (χ1v) is 8.22. The summed E-state index contributed by atoms with van der Waals surface area (Å²) in [5.41, 5.74) is 4.86. The predicted molar refractivity (Wildman–Crippen MR) is 88.4 cm³/mol. The molecule has 0 N–H and O–H groups in total. The molecule has 0 aromatic heterocycles. The van der Waals surface area contributed by atoms with Gasteiger partial charge < -0.3 is 14.2 Å². The average Bonchev–Trinajstić information content (AvgIpc) is 3.41. The lowest BCUT2D eigenvalue weighted by atomic mass is 10.0. The Morgan fingerprint density at radius 2 is 1.26 bits per heavy atom. The van der Waals surface area contributed by atoms with Crippen LogP contribution in [0.1, 0.15) is 34.5 Å². The van der Waals surface area contributed by atoms with E-state index in [0.717, 1.165) is 13.2 Å². The second kappa shape index (κ2) is 6.08. The van der Waals surface area contributed by atoms with Crippen molar-refractivity contribution in [1.29, 1.82) is 0 Å². The first kappa shape index (κ1) is 14.9. The van der Waals surface area contributed by atoms with Crippen LogP contribution in [0, 0.1) is 13.8 Å². The lowest BCUT2D eigenvalue weighted by molar-refractivity contribution is -0.0419. The molecule has 3 nitrogen and oxygen atoms in total. The molecule has 0 amide bonds. The molecule has 2 aliphatic rings. The lowest BCUT2D eigenvalue weighted by Gasteiger charge is -2.24. The predicted octanol–water partition coefficient (Wildman–Crippen LogP) is 3.90. The van der Waals surface area contributed by atoms with Crippen LogP contribution in [0.25, 0.3) is 0 Å². The van der Waals surface area contributed by atoms with E-state index in [9.17, 15) is 0 Å². The van der Waals surface area contributed by atoms with Gasteiger partial charge in [0, 0.05) is 0 Å². The third-order valence-electron chi connectivity index (χ3n) is 4.43. The van der Waals surface area contributed by atoms with E-state index >= 15 is 0 Å². The van der Waals surface area contributed by atoms with Gasteiger partial charge in [0.1, 0.15) is 24.4 Å². The monoisotopic (exact) mass is 310 g/mol. The quantitative estimate of drug-likeness (QED) is 0.759. The van der Waals surface area contributed by atoms with E-state index in [1.165, 1.54) is 22.3 Å². The van der Waals surface area contributed by atoms with Crippen molar-refractivity contribution in [2.75, 3.05) is 13.2 Å². The van der Waals surface area contributed by atoms with E-state index in [1.54, 1.807) is 0 Å². The fraction of sp³-hybridized carbons (Fsp3) is 0.400. The Balaban J connectivity index is 1.61. The molecule has 2 heterocycles. The summed E-state index contributed by atoms with van der Waals surface area (Å²) in [4.78, 5) is 0. The van der Waals surface area contributed by atoms with Gasteiger partial charge in [-0.25, -0.2) is 0 Å². The van der Waals surface area contributed by atoms with Gasteiger partial charge >= 0.3 is 0 Å². The highest BCUT2D eigenvalue weighted by Crippen LogP contribution is 2.40. The molecule has 2 aliphatic heterocycles. The number of ether oxygens (including phenoxy) is 3. The molecule has 0 radical (unpaired) electrons. The Morgan fingerprint density at radius 3 is 1.61 bits per heavy atom. The van der Waals surface area contributed by atoms with E-state index in [0.29, 0.717) is 0 Å². The van der Waals surface area contributed by atoms with Crippen LogP contribution in [0.4, 0.5) is 0 Å². The number of hydrogen-bond donors (Lipinski definition) is 0. The minimum Gasteiger partial charge on any atom is -0.370 e. The van der Waals surface area contributed by atoms with Crippen molar-refractivity contribution in [2.24, 2.45) is 0 Å². The van der Waals surface area contributed by atoms with Crippen molar-refractivity contribution in [3.05, 3.63) is 70.8 Å². The third-order valence-corrected chi connectivity index (χ3v) is 4.43. The van der Waals surface area contributed by atoms with Gasteiger partial charge in [-0.2, -0.15) is 0 Å². The van der Waals surface area contributed by atoms with Crippen molar-refractivity contribution < 1.29 is 14.2 Å². The summed E-state index contributed by atoms with van der Waals surface area (Å²) in [6.07, 6.45) is 0.236. The molecular formula is C20H22O3. The second-order valence-corrected chi connectivity index (χ2v) is 6.55. The number of benzene rings is 2. The van der Waals surface area contributed by atoms with Crippen LogP contribution in [0.15, 0.2) is 48.5 Å². The van der Waals surface area contributed by atoms with Crippen molar-refractivity contribution in [3.63, 3.8) is 0 Å². The second-order valence-electron chi connectivity index (χ2n) is 6.55. The summed E-state index contributed by atoms with van der Waals surface area (Å²) in [5, 5.41) is 0. The summed E-state index contributed by atoms with van der Waals surface area (Å²) in [5.74, 6) is 0. The van der Waals surface area contributed by atoms with E-state index in [1.807, 2.05) is 0 Å². The van der Waals surface area contributed by atoms with E-state index in [-0.39, 0.29) is 24.4 Å². The molecular weight excluding hydrogens is 288 g/mol. The maximum Gasteiger partial charge on any atom is 0.112 e. The van der Waals surface area contributed by atoms with E-state index in [2.05, 4.69) is 62.4 Å². The van der Waals surface area contributed by atoms with Crippen LogP contribution in [-0.4, -0.2) is 25.4 Å². The molecule has 23 heavy (non-hydrogen) atoms. The largest absolute Gasteiger partial charge is 0.370 e. The molecule has 2 aromatic carbocycles. The highest BCUT2D eigenvalue weighted by atomic mass is 16.6. The summed E-state index contributed by atoms with van der Waals surface area (Å²) in [7, 11) is 0. The number of rotatable bonds is 6. The SMILES string of the molecule is Cc1cccc(C(OC(c2cccc(C)c2)C2CO2)C2CO2)c1. The van der Waals surface area contributed by atoms with Gasteiger partial charge in [0.2, 0.25) is 0 Å². The van der Waals surface area contributed by atoms with Crippen LogP contribution in [-0.2, 0) is 14.2 Å². The molecule has 0 bridgehead atoms. The number of epoxide rings is 2. The Morgan fingerprint density at radius 1 is 0.826 bits per heavy atom. The number of hydrogen-bond acceptors (Lipinski definition) is 3. The Kier molecular flexibility index (Phi) is 3.93. The molecule has 2 saturated heterocycles. The summed E-state index contributed by atoms with van der Waals surface area (Å²) >= 11 is 0. The smallest absolute Gasteiger partial charge is 0.112 e. The van der Waals surface area contributed by atoms with Gasteiger partial charge in [-0.15, -0.1) is 0 Å². The molecule has 4 rings (SSSR count). The average molecular weight is 310 g/mol. The molecule has 4 unspecified atom stereocenters. The van der Waals surface area contributed by atoms with Gasteiger partial charge in [0.15, 0.2) is 0 Å². The maximum atomic E-state index is 6.53. The molecule has 0 aliphatic carbocycles. The van der Waals surface area contributed by atoms with Crippen molar-refractivity contribution in [2.45, 2.75) is 38.3 Å². The van der Waals surface area contributed by atoms with Crippen LogP contribution in [0.3, 0.4) is 0 Å². The van der Waals surface area contributed by atoms with E-state index in [4.69, 9.17) is 14.2 Å². The van der Waals surface area contributed by atoms with Crippen LogP contribution < -0.4 is 0 Å². The number of aryl methyl sites for hydroxylation is 2. The summed E-state index contributed by atoms with van der Waals surface area (Å²) < 4.78 is 17.7. The highest BCUT2D eigenvalue weighted by molar-refractivity contribution is 5.28.